The number of anilines is 3. The van der Waals surface area contributed by atoms with E-state index < -0.39 is 10.8 Å². The molecule has 284 valence electrons. The molecule has 0 saturated heterocycles. The maximum absolute atomic E-state index is 14.2. The molecule has 1 unspecified atom stereocenters. The van der Waals surface area contributed by atoms with Gasteiger partial charge in [-0.05, 0) is 72.4 Å². The zero-order chi connectivity index (χ0) is 38.9. The molecule has 0 heterocycles. The summed E-state index contributed by atoms with van der Waals surface area (Å²) in [6.45, 7) is 17.4. The number of benzene rings is 4. The average molecular weight is 744 g/mol. The predicted molar refractivity (Wildman–Crippen MR) is 213 cm³/mol. The Bertz CT molecular complexity index is 2020. The molecule has 0 aliphatic heterocycles. The Hall–Kier alpha value is -4.23. The van der Waals surface area contributed by atoms with Crippen LogP contribution >= 0.6 is 10.8 Å². The van der Waals surface area contributed by atoms with E-state index in [9.17, 15) is 14.1 Å². The van der Waals surface area contributed by atoms with Crippen LogP contribution in [0.25, 0.3) is 0 Å². The average Bonchev–Trinajstić information content (AvgIpc) is 3.09. The van der Waals surface area contributed by atoms with Crippen molar-refractivity contribution in [1.82, 2.24) is 4.72 Å². The van der Waals surface area contributed by atoms with Crippen molar-refractivity contribution < 1.29 is 32.9 Å². The van der Waals surface area contributed by atoms with Crippen LogP contribution in [0.3, 0.4) is 0 Å². The molecule has 1 atom stereocenters. The van der Waals surface area contributed by atoms with Gasteiger partial charge in [-0.1, -0.05) is 77.1 Å². The van der Waals surface area contributed by atoms with Gasteiger partial charge in [-0.2, -0.15) is 0 Å². The van der Waals surface area contributed by atoms with Crippen LogP contribution < -0.4 is 20.5 Å². The van der Waals surface area contributed by atoms with Crippen molar-refractivity contribution in [1.29, 1.82) is 0 Å². The molecular weight excluding hydrogens is 691 g/mol. The fourth-order valence-corrected chi connectivity index (χ4v) is 9.36. The van der Waals surface area contributed by atoms with Gasteiger partial charge in [0.1, 0.15) is 5.75 Å². The van der Waals surface area contributed by atoms with E-state index in [-0.39, 0.29) is 76.9 Å². The first-order chi connectivity index (χ1) is 24.9. The van der Waals surface area contributed by atoms with E-state index in [0.717, 1.165) is 17.5 Å². The summed E-state index contributed by atoms with van der Waals surface area (Å²) in [5, 5.41) is 12.5. The number of fused-ring (bicyclic) bond motifs is 2. The van der Waals surface area contributed by atoms with Gasteiger partial charge < -0.3 is 25.6 Å². The topological polar surface area (TPSA) is 152 Å². The van der Waals surface area contributed by atoms with Gasteiger partial charge in [-0.15, -0.1) is 10.8 Å². The van der Waals surface area contributed by atoms with Gasteiger partial charge in [0.15, 0.2) is 17.3 Å². The third kappa shape index (κ3) is 8.31. The SMILES string of the molecule is COS(O)(NCCOCCO)c1c(C)cc(C)c(Nc2cc(Oc3ccc(C(C)(C)CC(C)(C)C)cc3)c(N)c3c2C(=O)c2ccccc2C3=O)c1C. The minimum Gasteiger partial charge on any atom is -0.455 e. The quantitative estimate of drug-likeness (QED) is 0.0551. The van der Waals surface area contributed by atoms with Gasteiger partial charge in [0, 0.05) is 29.4 Å². The molecule has 0 aromatic heterocycles. The molecule has 4 aromatic rings. The van der Waals surface area contributed by atoms with Crippen LogP contribution in [-0.2, 0) is 14.3 Å². The van der Waals surface area contributed by atoms with E-state index in [0.29, 0.717) is 33.1 Å². The summed E-state index contributed by atoms with van der Waals surface area (Å²) in [7, 11) is -1.56. The highest BCUT2D eigenvalue weighted by Gasteiger charge is 2.36. The Labute approximate surface area is 314 Å². The number of aryl methyl sites for hydroxylation is 2. The Kier molecular flexibility index (Phi) is 11.8. The van der Waals surface area contributed by atoms with E-state index in [1.807, 2.05) is 51.1 Å². The van der Waals surface area contributed by atoms with Crippen LogP contribution in [0, 0.1) is 26.2 Å². The highest BCUT2D eigenvalue weighted by atomic mass is 32.3. The van der Waals surface area contributed by atoms with Gasteiger partial charge in [0.05, 0.1) is 54.3 Å². The Morgan fingerprint density at radius 2 is 1.47 bits per heavy atom. The number of aliphatic hydroxyl groups is 1. The lowest BCUT2D eigenvalue weighted by Gasteiger charge is -2.40. The number of nitrogens with two attached hydrogens (primary N) is 1. The molecule has 1 aliphatic carbocycles. The second-order valence-corrected chi connectivity index (χ2v) is 17.5. The first-order valence-electron chi connectivity index (χ1n) is 17.8. The molecule has 53 heavy (non-hydrogen) atoms. The lowest BCUT2D eigenvalue weighted by atomic mass is 9.72. The Morgan fingerprint density at radius 1 is 0.849 bits per heavy atom. The first-order valence-corrected chi connectivity index (χ1v) is 19.3. The number of nitrogen functional groups attached to an aromatic ring is 1. The van der Waals surface area contributed by atoms with Crippen molar-refractivity contribution in [3.63, 3.8) is 0 Å². The maximum atomic E-state index is 14.2. The number of rotatable bonds is 14. The van der Waals surface area contributed by atoms with Crippen LogP contribution in [0.1, 0.15) is 95.1 Å². The Balaban J connectivity index is 1.61. The molecule has 5 rings (SSSR count). The standard InChI is InChI=1S/C42H53N3O7S/c1-25-22-26(2)40(53(49,50-9)44-18-20-51-21-19-46)27(3)37(25)45-32-23-33(52-29-16-14-28(15-17-29)42(7,8)24-41(4,5)6)36(43)35-34(32)38(47)30-12-10-11-13-31(30)39(35)48/h10-17,22-23,44-46,49H,18-21,24,43H2,1-9H3. The lowest BCUT2D eigenvalue weighted by molar-refractivity contribution is 0.0957. The number of ether oxygens (including phenoxy) is 2. The maximum Gasteiger partial charge on any atom is 0.196 e. The number of aliphatic hydroxyl groups excluding tert-OH is 1. The van der Waals surface area contributed by atoms with Gasteiger partial charge >= 0.3 is 0 Å². The number of hydrogen-bond acceptors (Lipinski definition) is 10. The number of hydrogen-bond donors (Lipinski definition) is 5. The summed E-state index contributed by atoms with van der Waals surface area (Å²) in [6, 6.07) is 18.2. The molecule has 11 heteroatoms. The lowest BCUT2D eigenvalue weighted by Crippen LogP contribution is -2.27. The Morgan fingerprint density at radius 3 is 2.06 bits per heavy atom. The van der Waals surface area contributed by atoms with Crippen LogP contribution in [0.4, 0.5) is 17.1 Å². The number of nitrogens with one attached hydrogen (secondary N) is 2. The van der Waals surface area contributed by atoms with Gasteiger partial charge in [0.25, 0.3) is 0 Å². The first kappa shape index (κ1) is 40.0. The van der Waals surface area contributed by atoms with Gasteiger partial charge in [-0.3, -0.25) is 18.3 Å². The van der Waals surface area contributed by atoms with E-state index in [1.165, 1.54) is 12.7 Å². The molecule has 0 spiro atoms. The summed E-state index contributed by atoms with van der Waals surface area (Å²) in [4.78, 5) is 28.9. The highest BCUT2D eigenvalue weighted by Crippen LogP contribution is 2.54. The predicted octanol–water partition coefficient (Wildman–Crippen LogP) is 8.93. The molecule has 4 aromatic carbocycles. The molecule has 6 N–H and O–H groups in total. The highest BCUT2D eigenvalue weighted by molar-refractivity contribution is 8.23. The second kappa shape index (κ2) is 15.6. The zero-order valence-corrected chi connectivity index (χ0v) is 33.0. The summed E-state index contributed by atoms with van der Waals surface area (Å²) < 4.78 is 32.4. The van der Waals surface area contributed by atoms with Gasteiger partial charge in [0.2, 0.25) is 0 Å². The fourth-order valence-electron chi connectivity index (χ4n) is 7.56. The molecule has 0 fully saturated rings. The van der Waals surface area contributed by atoms with Crippen LogP contribution in [0.15, 0.2) is 65.6 Å². The van der Waals surface area contributed by atoms with Crippen molar-refractivity contribution in [2.24, 2.45) is 5.41 Å². The largest absolute Gasteiger partial charge is 0.455 e. The van der Waals surface area contributed by atoms with Crippen LogP contribution in [-0.4, -0.2) is 54.7 Å². The van der Waals surface area contributed by atoms with Crippen LogP contribution in [0.5, 0.6) is 11.5 Å². The fraction of sp³-hybridized carbons (Fsp3) is 0.381. The monoisotopic (exact) mass is 743 g/mol. The molecule has 0 saturated carbocycles. The number of ketones is 2. The van der Waals surface area contributed by atoms with Crippen molar-refractivity contribution >= 4 is 39.4 Å². The number of carbonyl (C=O) groups excluding carboxylic acids is 2. The van der Waals surface area contributed by atoms with E-state index in [1.54, 1.807) is 30.3 Å². The number of carbonyl (C=O) groups is 2. The van der Waals surface area contributed by atoms with Crippen LogP contribution in [0.2, 0.25) is 0 Å². The van der Waals surface area contributed by atoms with E-state index in [4.69, 9.17) is 24.5 Å². The minimum atomic E-state index is -2.99. The van der Waals surface area contributed by atoms with Crippen molar-refractivity contribution in [3.05, 3.63) is 105 Å². The van der Waals surface area contributed by atoms with Crippen molar-refractivity contribution in [3.8, 4) is 11.5 Å². The third-order valence-electron chi connectivity index (χ3n) is 9.49. The molecule has 0 radical (unpaired) electrons. The molecule has 1 aliphatic rings. The summed E-state index contributed by atoms with van der Waals surface area (Å²) >= 11 is 0. The molecule has 10 nitrogen and oxygen atoms in total. The zero-order valence-electron chi connectivity index (χ0n) is 32.2. The van der Waals surface area contributed by atoms with Gasteiger partial charge in [-0.25, -0.2) is 4.72 Å². The molecule has 0 bridgehead atoms. The molecule has 0 amide bonds. The van der Waals surface area contributed by atoms with E-state index in [2.05, 4.69) is 44.7 Å². The summed E-state index contributed by atoms with van der Waals surface area (Å²) in [5.41, 5.74) is 12.1. The van der Waals surface area contributed by atoms with Crippen molar-refractivity contribution in [2.45, 2.75) is 72.1 Å². The summed E-state index contributed by atoms with van der Waals surface area (Å²) in [5.74, 6) is 0.0392. The molecular formula is C42H53N3O7S. The minimum absolute atomic E-state index is 0.0681. The normalized spacial score (nSPS) is 14.7. The smallest absolute Gasteiger partial charge is 0.196 e. The summed E-state index contributed by atoms with van der Waals surface area (Å²) in [6.07, 6.45) is 0.989. The van der Waals surface area contributed by atoms with E-state index >= 15 is 0 Å². The second-order valence-electron chi connectivity index (χ2n) is 15.4. The van der Waals surface area contributed by atoms with Crippen molar-refractivity contribution in [2.75, 3.05) is 44.5 Å². The third-order valence-corrected chi connectivity index (χ3v) is 11.8.